The Hall–Kier alpha value is -5.77. The van der Waals surface area contributed by atoms with E-state index in [0.29, 0.717) is 0 Å². The minimum atomic E-state index is 0.0320. The van der Waals surface area contributed by atoms with Crippen LogP contribution in [-0.2, 0) is 6.42 Å². The van der Waals surface area contributed by atoms with E-state index in [1.54, 1.807) is 0 Å². The molecule has 10 aromatic rings. The highest BCUT2D eigenvalue weighted by Gasteiger charge is 2.23. The van der Waals surface area contributed by atoms with E-state index in [-0.39, 0.29) is 5.56 Å². The highest BCUT2D eigenvalue weighted by molar-refractivity contribution is 7.25. The molecule has 11 rings (SSSR count). The highest BCUT2D eigenvalue weighted by atomic mass is 32.1. The van der Waals surface area contributed by atoms with Crippen LogP contribution in [0.15, 0.2) is 144 Å². The molecule has 0 spiro atoms. The van der Waals surface area contributed by atoms with E-state index < -0.39 is 0 Å². The maximum absolute atomic E-state index is 14.4. The van der Waals surface area contributed by atoms with Gasteiger partial charge in [0.25, 0.3) is 5.56 Å². The van der Waals surface area contributed by atoms with Crippen molar-refractivity contribution in [2.24, 2.45) is 0 Å². The molecule has 0 saturated carbocycles. The fourth-order valence-corrected chi connectivity index (χ4v) is 9.30. The third-order valence-electron chi connectivity index (χ3n) is 10.4. The molecule has 0 radical (unpaired) electrons. The lowest BCUT2D eigenvalue weighted by molar-refractivity contribution is 1.21. The Kier molecular flexibility index (Phi) is 4.95. The van der Waals surface area contributed by atoms with Crippen molar-refractivity contribution < 1.29 is 0 Å². The van der Waals surface area contributed by atoms with Crippen LogP contribution in [-0.4, -0.2) is 4.40 Å². The quantitative estimate of drug-likeness (QED) is 0.177. The van der Waals surface area contributed by atoms with Crippen molar-refractivity contribution >= 4 is 69.5 Å². The Balaban J connectivity index is 1.20. The molecule has 2 nitrogen and oxygen atoms in total. The number of pyridine rings is 1. The standard InChI is InChI=1S/C44H25NOS/c46-44-36-11-4-3-10-34(36)42-31(29-14-13-28-21-27-7-1-2-8-30(27)37(28)23-29)18-19-35-32-17-15-26(24-39(32)45(44)43(35)42)25-16-20-41-38(22-25)33-9-5-6-12-40(33)47-41/h1-20,22-24H,21H2. The molecule has 0 atom stereocenters. The number of hydrogen-bond donors (Lipinski definition) is 0. The topological polar surface area (TPSA) is 21.5 Å². The molecule has 3 aromatic heterocycles. The van der Waals surface area contributed by atoms with Crippen LogP contribution in [0.2, 0.25) is 0 Å². The summed E-state index contributed by atoms with van der Waals surface area (Å²) in [7, 11) is 0. The van der Waals surface area contributed by atoms with Gasteiger partial charge in [0.15, 0.2) is 0 Å². The second-order valence-electron chi connectivity index (χ2n) is 12.8. The summed E-state index contributed by atoms with van der Waals surface area (Å²) >= 11 is 1.83. The van der Waals surface area contributed by atoms with Gasteiger partial charge < -0.3 is 0 Å². The first-order chi connectivity index (χ1) is 23.2. The average molecular weight is 616 g/mol. The zero-order valence-corrected chi connectivity index (χ0v) is 26.1. The molecular weight excluding hydrogens is 591 g/mol. The van der Waals surface area contributed by atoms with Crippen LogP contribution in [0.1, 0.15) is 11.1 Å². The van der Waals surface area contributed by atoms with Gasteiger partial charge >= 0.3 is 0 Å². The summed E-state index contributed by atoms with van der Waals surface area (Å²) in [6.45, 7) is 0. The smallest absolute Gasteiger partial charge is 0.263 e. The van der Waals surface area contributed by atoms with E-state index in [4.69, 9.17) is 0 Å². The lowest BCUT2D eigenvalue weighted by Gasteiger charge is -2.13. The van der Waals surface area contributed by atoms with Gasteiger partial charge in [-0.15, -0.1) is 11.3 Å². The van der Waals surface area contributed by atoms with E-state index in [1.807, 2.05) is 33.9 Å². The molecule has 47 heavy (non-hydrogen) atoms. The first kappa shape index (κ1) is 25.4. The zero-order valence-electron chi connectivity index (χ0n) is 25.2. The summed E-state index contributed by atoms with van der Waals surface area (Å²) in [5, 5.41) is 7.66. The normalized spacial score (nSPS) is 12.7. The first-order valence-corrected chi connectivity index (χ1v) is 16.9. The van der Waals surface area contributed by atoms with Crippen molar-refractivity contribution in [2.75, 3.05) is 0 Å². The molecule has 7 aromatic carbocycles. The Morgan fingerprint density at radius 3 is 2.11 bits per heavy atom. The van der Waals surface area contributed by atoms with Crippen molar-refractivity contribution in [3.8, 4) is 33.4 Å². The number of rotatable bonds is 2. The van der Waals surface area contributed by atoms with Crippen LogP contribution in [0.5, 0.6) is 0 Å². The molecule has 0 unspecified atom stereocenters. The molecule has 3 heterocycles. The van der Waals surface area contributed by atoms with Crippen LogP contribution in [0.4, 0.5) is 0 Å². The maximum atomic E-state index is 14.4. The predicted molar refractivity (Wildman–Crippen MR) is 199 cm³/mol. The molecule has 0 aliphatic heterocycles. The largest absolute Gasteiger partial charge is 0.275 e. The van der Waals surface area contributed by atoms with Gasteiger partial charge in [-0.05, 0) is 92.7 Å². The second kappa shape index (κ2) is 9.16. The molecule has 0 saturated heterocycles. The molecule has 218 valence electrons. The van der Waals surface area contributed by atoms with Gasteiger partial charge in [-0.2, -0.15) is 0 Å². The number of hydrogen-bond acceptors (Lipinski definition) is 2. The lowest BCUT2D eigenvalue weighted by atomic mass is 9.92. The predicted octanol–water partition coefficient (Wildman–Crippen LogP) is 11.5. The van der Waals surface area contributed by atoms with Gasteiger partial charge in [0.05, 0.1) is 11.0 Å². The van der Waals surface area contributed by atoms with Crippen molar-refractivity contribution in [1.29, 1.82) is 0 Å². The molecule has 0 fully saturated rings. The van der Waals surface area contributed by atoms with Gasteiger partial charge in [-0.25, -0.2) is 0 Å². The molecule has 1 aliphatic carbocycles. The summed E-state index contributed by atoms with van der Waals surface area (Å²) < 4.78 is 4.58. The summed E-state index contributed by atoms with van der Waals surface area (Å²) in [4.78, 5) is 14.4. The fraction of sp³-hybridized carbons (Fsp3) is 0.0227. The molecule has 0 amide bonds. The average Bonchev–Trinajstić information content (AvgIpc) is 3.79. The maximum Gasteiger partial charge on any atom is 0.263 e. The van der Waals surface area contributed by atoms with Gasteiger partial charge in [0, 0.05) is 41.7 Å². The van der Waals surface area contributed by atoms with Crippen LogP contribution >= 0.6 is 11.3 Å². The van der Waals surface area contributed by atoms with Crippen molar-refractivity contribution in [2.45, 2.75) is 6.42 Å². The van der Waals surface area contributed by atoms with Crippen molar-refractivity contribution in [3.63, 3.8) is 0 Å². The van der Waals surface area contributed by atoms with Gasteiger partial charge in [0.1, 0.15) is 0 Å². The summed E-state index contributed by atoms with van der Waals surface area (Å²) in [5.74, 6) is 0. The van der Waals surface area contributed by atoms with E-state index in [1.165, 1.54) is 48.0 Å². The summed E-state index contributed by atoms with van der Waals surface area (Å²) in [6.07, 6.45) is 0.973. The number of fused-ring (bicyclic) bond motifs is 11. The molecule has 1 aliphatic rings. The highest BCUT2D eigenvalue weighted by Crippen LogP contribution is 2.44. The molecule has 3 heteroatoms. The third kappa shape index (κ3) is 3.41. The summed E-state index contributed by atoms with van der Waals surface area (Å²) in [5.41, 5.74) is 12.0. The Bertz CT molecular complexity index is 3020. The number of thiophene rings is 1. The van der Waals surface area contributed by atoms with Crippen LogP contribution < -0.4 is 5.56 Å². The fourth-order valence-electron chi connectivity index (χ4n) is 8.21. The van der Waals surface area contributed by atoms with Crippen molar-refractivity contribution in [3.05, 3.63) is 161 Å². The Labute approximate surface area is 273 Å². The number of aromatic nitrogens is 1. The molecule has 0 N–H and O–H groups in total. The van der Waals surface area contributed by atoms with Gasteiger partial charge in [-0.3, -0.25) is 9.20 Å². The van der Waals surface area contributed by atoms with Crippen LogP contribution in [0, 0.1) is 0 Å². The minimum absolute atomic E-state index is 0.0320. The van der Waals surface area contributed by atoms with Gasteiger partial charge in [0.2, 0.25) is 0 Å². The minimum Gasteiger partial charge on any atom is -0.275 e. The first-order valence-electron chi connectivity index (χ1n) is 16.1. The number of nitrogens with zero attached hydrogens (tertiary/aromatic N) is 1. The zero-order chi connectivity index (χ0) is 30.8. The SMILES string of the molecule is O=c1c2ccccc2c2c(-c3ccc4c(c3)-c3ccccc3C4)ccc3c4ccc(-c5ccc6sc7ccccc7c6c5)cc4n1c32. The van der Waals surface area contributed by atoms with E-state index in [9.17, 15) is 4.79 Å². The monoisotopic (exact) mass is 615 g/mol. The summed E-state index contributed by atoms with van der Waals surface area (Å²) in [6, 6.07) is 50.2. The molecular formula is C44H25NOS. The van der Waals surface area contributed by atoms with E-state index in [0.717, 1.165) is 61.1 Å². The Morgan fingerprint density at radius 2 is 1.17 bits per heavy atom. The third-order valence-corrected chi connectivity index (χ3v) is 11.5. The Morgan fingerprint density at radius 1 is 0.468 bits per heavy atom. The van der Waals surface area contributed by atoms with Crippen LogP contribution in [0.3, 0.4) is 0 Å². The molecule has 0 bridgehead atoms. The van der Waals surface area contributed by atoms with Gasteiger partial charge in [-0.1, -0.05) is 103 Å². The second-order valence-corrected chi connectivity index (χ2v) is 13.9. The van der Waals surface area contributed by atoms with E-state index in [2.05, 4.69) is 121 Å². The van der Waals surface area contributed by atoms with Crippen LogP contribution in [0.25, 0.3) is 91.5 Å². The van der Waals surface area contributed by atoms with E-state index >= 15 is 0 Å². The lowest BCUT2D eigenvalue weighted by Crippen LogP contribution is -2.13. The van der Waals surface area contributed by atoms with Crippen molar-refractivity contribution in [1.82, 2.24) is 4.40 Å². The number of benzene rings is 7.